The Morgan fingerprint density at radius 1 is 1.28 bits per heavy atom. The van der Waals surface area contributed by atoms with E-state index in [4.69, 9.17) is 11.6 Å². The summed E-state index contributed by atoms with van der Waals surface area (Å²) in [6, 6.07) is 8.63. The van der Waals surface area contributed by atoms with E-state index in [2.05, 4.69) is 37.2 Å². The fraction of sp³-hybridized carbons (Fsp3) is 0.185. The van der Waals surface area contributed by atoms with Crippen molar-refractivity contribution >= 4 is 28.6 Å². The lowest BCUT2D eigenvalue weighted by Crippen LogP contribution is -2.28. The van der Waals surface area contributed by atoms with Crippen molar-refractivity contribution in [1.29, 1.82) is 0 Å². The molecule has 4 aromatic heterocycles. The van der Waals surface area contributed by atoms with Crippen molar-refractivity contribution in [2.45, 2.75) is 26.3 Å². The summed E-state index contributed by atoms with van der Waals surface area (Å²) < 4.78 is 18.4. The van der Waals surface area contributed by atoms with E-state index in [9.17, 15) is 4.79 Å². The van der Waals surface area contributed by atoms with Crippen molar-refractivity contribution in [2.24, 2.45) is 5.92 Å². The third kappa shape index (κ3) is 4.30. The maximum Gasteiger partial charge on any atom is 0.224 e. The van der Waals surface area contributed by atoms with Crippen LogP contribution in [0.3, 0.4) is 0 Å². The van der Waals surface area contributed by atoms with E-state index in [-0.39, 0.29) is 28.5 Å². The number of allylic oxidation sites excluding steroid dienone is 3. The monoisotopic (exact) mass is 543 g/mol. The van der Waals surface area contributed by atoms with Gasteiger partial charge in [0.2, 0.25) is 5.91 Å². The van der Waals surface area contributed by atoms with Gasteiger partial charge in [-0.1, -0.05) is 25.1 Å². The zero-order chi connectivity index (χ0) is 27.3. The first-order valence-electron chi connectivity index (χ1n) is 12.2. The average Bonchev–Trinajstić information content (AvgIpc) is 3.72. The molecule has 5 heterocycles. The lowest BCUT2D eigenvalue weighted by Gasteiger charge is -2.24. The van der Waals surface area contributed by atoms with E-state index in [0.717, 1.165) is 16.8 Å². The number of aromatic nitrogens is 8. The molecule has 0 radical (unpaired) electrons. The molecule has 12 heteroatoms. The van der Waals surface area contributed by atoms with Crippen LogP contribution in [0, 0.1) is 11.7 Å². The van der Waals surface area contributed by atoms with Crippen LogP contribution in [0.25, 0.3) is 28.0 Å². The lowest BCUT2D eigenvalue weighted by atomic mass is 9.99. The van der Waals surface area contributed by atoms with Gasteiger partial charge in [0, 0.05) is 36.1 Å². The number of carbonyl (C=O) groups is 1. The van der Waals surface area contributed by atoms with Crippen LogP contribution in [0.4, 0.5) is 4.39 Å². The highest BCUT2D eigenvalue weighted by Gasteiger charge is 2.39. The number of benzene rings is 1. The molecule has 0 bridgehead atoms. The van der Waals surface area contributed by atoms with Crippen molar-refractivity contribution in [3.63, 3.8) is 0 Å². The third-order valence-electron chi connectivity index (χ3n) is 6.94. The average molecular weight is 544 g/mol. The molecule has 1 fully saturated rings. The summed E-state index contributed by atoms with van der Waals surface area (Å²) in [6.45, 7) is 7.65. The quantitative estimate of drug-likeness (QED) is 0.333. The number of fused-ring (bicyclic) bond motifs is 1. The highest BCUT2D eigenvalue weighted by atomic mass is 35.5. The first kappa shape index (κ1) is 24.7. The number of rotatable bonds is 5. The Labute approximate surface area is 227 Å². The van der Waals surface area contributed by atoms with Crippen LogP contribution in [0.2, 0.25) is 5.02 Å². The topological polar surface area (TPSA) is 110 Å². The number of hydrogen-bond donors (Lipinski definition) is 1. The number of imidazole rings is 1. The minimum absolute atomic E-state index is 0.0360. The molecule has 6 rings (SSSR count). The summed E-state index contributed by atoms with van der Waals surface area (Å²) in [7, 11) is 0. The van der Waals surface area contributed by atoms with Crippen molar-refractivity contribution in [3.05, 3.63) is 95.8 Å². The van der Waals surface area contributed by atoms with Crippen LogP contribution in [-0.4, -0.2) is 50.6 Å². The minimum atomic E-state index is -0.645. The van der Waals surface area contributed by atoms with Gasteiger partial charge in [0.15, 0.2) is 5.82 Å². The number of likely N-dealkylation sites (tertiary alicyclic amines) is 1. The van der Waals surface area contributed by atoms with Gasteiger partial charge in [0.1, 0.15) is 12.2 Å². The summed E-state index contributed by atoms with van der Waals surface area (Å²) in [4.78, 5) is 22.7. The molecule has 0 spiro atoms. The van der Waals surface area contributed by atoms with E-state index in [1.54, 1.807) is 34.0 Å². The molecule has 1 amide bonds. The lowest BCUT2D eigenvalue weighted by molar-refractivity contribution is -0.128. The standard InChI is InChI=1S/C27H23ClFN9O/c1-15-10-24(27-30-13-21(33-27)18-7-9-36-19(12-18)6-8-32-36)38(17(3)39)23(15)11-16(2)25-22(37-14-31-34-35-37)5-4-20(28)26(25)29/h4-9,11-15,24H,2,10H2,1,3H3,(H,30,33)/b23-11-/t15-,24-/m0/s1. The maximum atomic E-state index is 15.3. The minimum Gasteiger partial charge on any atom is -0.340 e. The van der Waals surface area contributed by atoms with Crippen molar-refractivity contribution in [1.82, 2.24) is 44.7 Å². The van der Waals surface area contributed by atoms with E-state index >= 15 is 4.39 Å². The van der Waals surface area contributed by atoms with Crippen molar-refractivity contribution in [3.8, 4) is 16.9 Å². The Hall–Kier alpha value is -4.64. The summed E-state index contributed by atoms with van der Waals surface area (Å²) >= 11 is 6.12. The largest absolute Gasteiger partial charge is 0.340 e. The van der Waals surface area contributed by atoms with Crippen molar-refractivity contribution in [2.75, 3.05) is 0 Å². The molecule has 196 valence electrons. The zero-order valence-corrected chi connectivity index (χ0v) is 21.8. The van der Waals surface area contributed by atoms with Crippen LogP contribution in [-0.2, 0) is 4.79 Å². The Morgan fingerprint density at radius 2 is 2.13 bits per heavy atom. The molecule has 0 unspecified atom stereocenters. The van der Waals surface area contributed by atoms with Gasteiger partial charge in [-0.05, 0) is 64.7 Å². The summed E-state index contributed by atoms with van der Waals surface area (Å²) in [5, 5.41) is 15.4. The van der Waals surface area contributed by atoms with Gasteiger partial charge in [-0.15, -0.1) is 5.10 Å². The van der Waals surface area contributed by atoms with Crippen molar-refractivity contribution < 1.29 is 9.18 Å². The van der Waals surface area contributed by atoms with Crippen LogP contribution >= 0.6 is 11.6 Å². The number of nitrogens with one attached hydrogen (secondary N) is 1. The van der Waals surface area contributed by atoms with Gasteiger partial charge in [0.25, 0.3) is 0 Å². The number of carbonyl (C=O) groups excluding carboxylic acids is 1. The van der Waals surface area contributed by atoms with E-state index in [1.807, 2.05) is 31.3 Å². The normalized spacial score (nSPS) is 18.4. The molecular weight excluding hydrogens is 521 g/mol. The number of hydrogen-bond acceptors (Lipinski definition) is 6. The SMILES string of the molecule is C=C(/C=C1/[C@@H](C)C[C@@H](c2ncc(-c3ccn4nccc4c3)[nH]2)N1C(C)=O)c1c(-n2cnnn2)ccc(Cl)c1F. The number of aromatic amines is 1. The molecule has 1 aromatic carbocycles. The second-order valence-corrected chi connectivity index (χ2v) is 9.85. The fourth-order valence-corrected chi connectivity index (χ4v) is 5.28. The van der Waals surface area contributed by atoms with Gasteiger partial charge in [-0.3, -0.25) is 4.79 Å². The summed E-state index contributed by atoms with van der Waals surface area (Å²) in [6.07, 6.45) is 9.11. The van der Waals surface area contributed by atoms with Crippen LogP contribution < -0.4 is 0 Å². The van der Waals surface area contributed by atoms with Gasteiger partial charge in [0.05, 0.1) is 34.2 Å². The number of pyridine rings is 1. The Balaban J connectivity index is 1.36. The van der Waals surface area contributed by atoms with E-state index in [1.165, 1.54) is 24.0 Å². The molecular formula is C27H23ClFN9O. The predicted molar refractivity (Wildman–Crippen MR) is 143 cm³/mol. The molecule has 0 aliphatic carbocycles. The summed E-state index contributed by atoms with van der Waals surface area (Å²) in [5.41, 5.74) is 4.32. The molecule has 5 aromatic rings. The van der Waals surface area contributed by atoms with Gasteiger partial charge in [-0.2, -0.15) is 9.78 Å². The highest BCUT2D eigenvalue weighted by Crippen LogP contribution is 2.43. The Bertz CT molecular complexity index is 1750. The Morgan fingerprint density at radius 3 is 2.90 bits per heavy atom. The van der Waals surface area contributed by atoms with Crippen LogP contribution in [0.15, 0.2) is 73.6 Å². The molecule has 2 atom stereocenters. The first-order valence-corrected chi connectivity index (χ1v) is 12.6. The smallest absolute Gasteiger partial charge is 0.224 e. The number of halogens is 2. The van der Waals surface area contributed by atoms with Gasteiger partial charge < -0.3 is 9.88 Å². The highest BCUT2D eigenvalue weighted by molar-refractivity contribution is 6.31. The molecule has 0 saturated carbocycles. The Kier molecular flexibility index (Phi) is 6.07. The molecule has 1 aliphatic heterocycles. The molecule has 39 heavy (non-hydrogen) atoms. The van der Waals surface area contributed by atoms with E-state index in [0.29, 0.717) is 29.2 Å². The molecule has 1 aliphatic rings. The predicted octanol–water partition coefficient (Wildman–Crippen LogP) is 5.02. The number of amides is 1. The van der Waals surface area contributed by atoms with Crippen LogP contribution in [0.1, 0.15) is 37.7 Å². The second-order valence-electron chi connectivity index (χ2n) is 9.44. The van der Waals surface area contributed by atoms with Crippen LogP contribution in [0.5, 0.6) is 0 Å². The number of nitrogens with zero attached hydrogens (tertiary/aromatic N) is 8. The first-order chi connectivity index (χ1) is 18.8. The third-order valence-corrected chi connectivity index (χ3v) is 7.24. The zero-order valence-electron chi connectivity index (χ0n) is 21.1. The molecule has 1 N–H and O–H groups in total. The maximum absolute atomic E-state index is 15.3. The van der Waals surface area contributed by atoms with Gasteiger partial charge >= 0.3 is 0 Å². The second kappa shape index (κ2) is 9.59. The van der Waals surface area contributed by atoms with E-state index < -0.39 is 5.82 Å². The number of H-pyrrole nitrogens is 1. The van der Waals surface area contributed by atoms with Gasteiger partial charge in [-0.25, -0.2) is 13.9 Å². The molecule has 1 saturated heterocycles. The summed E-state index contributed by atoms with van der Waals surface area (Å²) in [5.74, 6) is -0.174. The molecule has 10 nitrogen and oxygen atoms in total. The fourth-order valence-electron chi connectivity index (χ4n) is 5.13. The number of tetrazole rings is 1.